The molecule has 0 bridgehead atoms. The first-order chi connectivity index (χ1) is 9.24. The third kappa shape index (κ3) is 3.32. The van der Waals surface area contributed by atoms with Gasteiger partial charge in [-0.1, -0.05) is 6.07 Å². The number of rotatable bonds is 4. The van der Waals surface area contributed by atoms with Crippen LogP contribution in [0.3, 0.4) is 0 Å². The van der Waals surface area contributed by atoms with Crippen LogP contribution < -0.4 is 10.1 Å². The molecule has 19 heavy (non-hydrogen) atoms. The Bertz CT molecular complexity index is 450. The minimum absolute atomic E-state index is 0.645. The second kappa shape index (κ2) is 5.84. The summed E-state index contributed by atoms with van der Waals surface area (Å²) < 4.78 is 7.26. The van der Waals surface area contributed by atoms with Crippen molar-refractivity contribution < 1.29 is 4.74 Å². The molecule has 2 nitrogen and oxygen atoms in total. The predicted octanol–water partition coefficient (Wildman–Crippen LogP) is 4.01. The van der Waals surface area contributed by atoms with Crippen LogP contribution >= 0.6 is 15.9 Å². The molecule has 0 aromatic heterocycles. The lowest BCUT2D eigenvalue weighted by Crippen LogP contribution is -2.27. The minimum atomic E-state index is 0.645. The van der Waals surface area contributed by atoms with Crippen molar-refractivity contribution in [3.63, 3.8) is 0 Å². The maximum atomic E-state index is 6.13. The van der Waals surface area contributed by atoms with Gasteiger partial charge in [-0.2, -0.15) is 0 Å². The zero-order chi connectivity index (χ0) is 13.2. The van der Waals surface area contributed by atoms with Gasteiger partial charge in [0.25, 0.3) is 0 Å². The number of hydrogen-bond donors (Lipinski definition) is 1. The molecule has 0 unspecified atom stereocenters. The summed E-state index contributed by atoms with van der Waals surface area (Å²) in [5, 5.41) is 3.44. The highest BCUT2D eigenvalue weighted by Crippen LogP contribution is 2.40. The van der Waals surface area contributed by atoms with Crippen molar-refractivity contribution in [2.24, 2.45) is 5.92 Å². The van der Waals surface area contributed by atoms with Gasteiger partial charge in [0.15, 0.2) is 0 Å². The number of piperidine rings is 1. The Morgan fingerprint density at radius 3 is 2.63 bits per heavy atom. The number of aryl methyl sites for hydroxylation is 1. The smallest absolute Gasteiger partial charge is 0.136 e. The van der Waals surface area contributed by atoms with Crippen LogP contribution in [-0.4, -0.2) is 19.7 Å². The zero-order valence-electron chi connectivity index (χ0n) is 11.5. The quantitative estimate of drug-likeness (QED) is 0.903. The van der Waals surface area contributed by atoms with Gasteiger partial charge < -0.3 is 10.1 Å². The van der Waals surface area contributed by atoms with Crippen LogP contribution in [-0.2, 0) is 0 Å². The van der Waals surface area contributed by atoms with Crippen molar-refractivity contribution in [1.82, 2.24) is 5.32 Å². The lowest BCUT2D eigenvalue weighted by atomic mass is 9.88. The van der Waals surface area contributed by atoms with Crippen LogP contribution in [0.1, 0.15) is 42.7 Å². The SMILES string of the molecule is Cc1cc(Br)c(OCC2CC2)c(C2CCNCC2)c1. The molecule has 3 rings (SSSR count). The van der Waals surface area contributed by atoms with Gasteiger partial charge >= 0.3 is 0 Å². The molecule has 1 saturated heterocycles. The molecule has 1 saturated carbocycles. The maximum Gasteiger partial charge on any atom is 0.136 e. The highest BCUT2D eigenvalue weighted by atomic mass is 79.9. The molecule has 1 N–H and O–H groups in total. The summed E-state index contributed by atoms with van der Waals surface area (Å²) in [6.45, 7) is 5.30. The Hall–Kier alpha value is -0.540. The summed E-state index contributed by atoms with van der Waals surface area (Å²) in [6.07, 6.45) is 5.11. The molecule has 0 amide bonds. The van der Waals surface area contributed by atoms with Crippen molar-refractivity contribution in [2.45, 2.75) is 38.5 Å². The van der Waals surface area contributed by atoms with E-state index in [1.54, 1.807) is 0 Å². The molecule has 2 fully saturated rings. The summed E-state index contributed by atoms with van der Waals surface area (Å²) in [5.41, 5.74) is 2.73. The lowest BCUT2D eigenvalue weighted by molar-refractivity contribution is 0.290. The van der Waals surface area contributed by atoms with Crippen molar-refractivity contribution >= 4 is 15.9 Å². The molecule has 0 spiro atoms. The van der Waals surface area contributed by atoms with E-state index in [1.165, 1.54) is 36.8 Å². The van der Waals surface area contributed by atoms with Crippen LogP contribution in [0.15, 0.2) is 16.6 Å². The first kappa shape index (κ1) is 13.4. The molecule has 1 aliphatic heterocycles. The second-order valence-corrected chi connectivity index (χ2v) is 6.80. The van der Waals surface area contributed by atoms with Crippen LogP contribution in [0.5, 0.6) is 5.75 Å². The largest absolute Gasteiger partial charge is 0.492 e. The first-order valence-corrected chi connectivity index (χ1v) is 8.17. The van der Waals surface area contributed by atoms with Crippen LogP contribution in [0, 0.1) is 12.8 Å². The van der Waals surface area contributed by atoms with Crippen LogP contribution in [0.25, 0.3) is 0 Å². The fraction of sp³-hybridized carbons (Fsp3) is 0.625. The molecule has 1 aromatic carbocycles. The monoisotopic (exact) mass is 323 g/mol. The van der Waals surface area contributed by atoms with Crippen molar-refractivity contribution in [3.8, 4) is 5.75 Å². The van der Waals surface area contributed by atoms with E-state index in [0.717, 1.165) is 35.8 Å². The van der Waals surface area contributed by atoms with E-state index in [0.29, 0.717) is 5.92 Å². The molecule has 0 atom stereocenters. The fourth-order valence-corrected chi connectivity index (χ4v) is 3.53. The van der Waals surface area contributed by atoms with Crippen LogP contribution in [0.2, 0.25) is 0 Å². The maximum absolute atomic E-state index is 6.13. The average molecular weight is 324 g/mol. The fourth-order valence-electron chi connectivity index (χ4n) is 2.83. The highest BCUT2D eigenvalue weighted by molar-refractivity contribution is 9.10. The molecular weight excluding hydrogens is 302 g/mol. The molecule has 1 aromatic rings. The standard InChI is InChI=1S/C16H22BrNO/c1-11-8-14(13-4-6-18-7-5-13)16(15(17)9-11)19-10-12-2-3-12/h8-9,12-13,18H,2-7,10H2,1H3. The Kier molecular flexibility index (Phi) is 4.13. The van der Waals surface area contributed by atoms with Gasteiger partial charge in [0, 0.05) is 0 Å². The van der Waals surface area contributed by atoms with E-state index in [1.807, 2.05) is 0 Å². The first-order valence-electron chi connectivity index (χ1n) is 7.37. The summed E-state index contributed by atoms with van der Waals surface area (Å²) in [6, 6.07) is 4.50. The number of hydrogen-bond acceptors (Lipinski definition) is 2. The van der Waals surface area contributed by atoms with E-state index in [-0.39, 0.29) is 0 Å². The Balaban J connectivity index is 1.85. The zero-order valence-corrected chi connectivity index (χ0v) is 13.1. The molecule has 104 valence electrons. The van der Waals surface area contributed by atoms with Gasteiger partial charge in [-0.15, -0.1) is 0 Å². The molecule has 2 aliphatic rings. The number of ether oxygens (including phenoxy) is 1. The van der Waals surface area contributed by atoms with Crippen LogP contribution in [0.4, 0.5) is 0 Å². The highest BCUT2D eigenvalue weighted by Gasteiger charge is 2.25. The normalized spacial score (nSPS) is 20.5. The third-order valence-electron chi connectivity index (χ3n) is 4.16. The molecule has 3 heteroatoms. The van der Waals surface area contributed by atoms with E-state index in [9.17, 15) is 0 Å². The van der Waals surface area contributed by atoms with Gasteiger partial charge in [-0.25, -0.2) is 0 Å². The van der Waals surface area contributed by atoms with E-state index < -0.39 is 0 Å². The summed E-state index contributed by atoms with van der Waals surface area (Å²) >= 11 is 3.69. The number of benzene rings is 1. The summed E-state index contributed by atoms with van der Waals surface area (Å²) in [5.74, 6) is 2.55. The molecule has 1 aliphatic carbocycles. The van der Waals surface area contributed by atoms with E-state index in [4.69, 9.17) is 4.74 Å². The molecular formula is C16H22BrNO. The van der Waals surface area contributed by atoms with E-state index in [2.05, 4.69) is 40.3 Å². The van der Waals surface area contributed by atoms with Gasteiger partial charge in [0.1, 0.15) is 5.75 Å². The van der Waals surface area contributed by atoms with Crippen molar-refractivity contribution in [3.05, 3.63) is 27.7 Å². The number of halogens is 1. The summed E-state index contributed by atoms with van der Waals surface area (Å²) in [4.78, 5) is 0. The van der Waals surface area contributed by atoms with Crippen molar-refractivity contribution in [2.75, 3.05) is 19.7 Å². The lowest BCUT2D eigenvalue weighted by Gasteiger charge is -2.26. The number of nitrogens with one attached hydrogen (secondary N) is 1. The van der Waals surface area contributed by atoms with Gasteiger partial charge in [0.2, 0.25) is 0 Å². The Labute approximate surface area is 124 Å². The Morgan fingerprint density at radius 2 is 1.95 bits per heavy atom. The minimum Gasteiger partial charge on any atom is -0.492 e. The van der Waals surface area contributed by atoms with E-state index >= 15 is 0 Å². The average Bonchev–Trinajstić information content (AvgIpc) is 3.22. The van der Waals surface area contributed by atoms with Gasteiger partial charge in [-0.05, 0) is 90.7 Å². The predicted molar refractivity (Wildman–Crippen MR) is 81.9 cm³/mol. The van der Waals surface area contributed by atoms with Gasteiger partial charge in [-0.3, -0.25) is 0 Å². The molecule has 0 radical (unpaired) electrons. The third-order valence-corrected chi connectivity index (χ3v) is 4.74. The molecule has 1 heterocycles. The second-order valence-electron chi connectivity index (χ2n) is 5.94. The van der Waals surface area contributed by atoms with Gasteiger partial charge in [0.05, 0.1) is 11.1 Å². The topological polar surface area (TPSA) is 21.3 Å². The van der Waals surface area contributed by atoms with Crippen molar-refractivity contribution in [1.29, 1.82) is 0 Å². The Morgan fingerprint density at radius 1 is 1.21 bits per heavy atom. The summed E-state index contributed by atoms with van der Waals surface area (Å²) in [7, 11) is 0.